The molecule has 2 aromatic carbocycles. The van der Waals surface area contributed by atoms with Crippen molar-refractivity contribution in [1.29, 1.82) is 0 Å². The van der Waals surface area contributed by atoms with E-state index in [9.17, 15) is 0 Å². The SMILES string of the molecule is c1ccc(-c2c3c(nn2-c2ccccc2)CCCC3)cc1. The summed E-state index contributed by atoms with van der Waals surface area (Å²) in [5, 5.41) is 4.91. The number of hydrogen-bond acceptors (Lipinski definition) is 1. The molecule has 4 rings (SSSR count). The Morgan fingerprint density at radius 2 is 1.43 bits per heavy atom. The summed E-state index contributed by atoms with van der Waals surface area (Å²) in [5.74, 6) is 0. The highest BCUT2D eigenvalue weighted by molar-refractivity contribution is 5.67. The zero-order valence-electron chi connectivity index (χ0n) is 12.0. The van der Waals surface area contributed by atoms with Crippen LogP contribution in [0.1, 0.15) is 24.1 Å². The first kappa shape index (κ1) is 12.4. The van der Waals surface area contributed by atoms with Crippen molar-refractivity contribution in [2.45, 2.75) is 25.7 Å². The van der Waals surface area contributed by atoms with Crippen LogP contribution in [0, 0.1) is 0 Å². The van der Waals surface area contributed by atoms with Crippen LogP contribution in [0.3, 0.4) is 0 Å². The molecule has 104 valence electrons. The summed E-state index contributed by atoms with van der Waals surface area (Å²) in [6.07, 6.45) is 4.78. The van der Waals surface area contributed by atoms with Crippen LogP contribution < -0.4 is 0 Å². The molecule has 1 aliphatic rings. The summed E-state index contributed by atoms with van der Waals surface area (Å²) >= 11 is 0. The maximum absolute atomic E-state index is 4.91. The molecule has 0 saturated heterocycles. The average molecular weight is 274 g/mol. The van der Waals surface area contributed by atoms with E-state index in [1.54, 1.807) is 0 Å². The van der Waals surface area contributed by atoms with Gasteiger partial charge in [0.05, 0.1) is 17.1 Å². The standard InChI is InChI=1S/C19H18N2/c1-3-9-15(10-4-1)19-17-13-7-8-14-18(17)20-21(19)16-11-5-2-6-12-16/h1-6,9-12H,7-8,13-14H2. The van der Waals surface area contributed by atoms with Crippen LogP contribution in [0.2, 0.25) is 0 Å². The summed E-state index contributed by atoms with van der Waals surface area (Å²) in [7, 11) is 0. The minimum Gasteiger partial charge on any atom is -0.233 e. The number of rotatable bonds is 2. The minimum atomic E-state index is 1.11. The van der Waals surface area contributed by atoms with Crippen molar-refractivity contribution < 1.29 is 0 Å². The monoisotopic (exact) mass is 274 g/mol. The van der Waals surface area contributed by atoms with E-state index in [0.717, 1.165) is 18.5 Å². The topological polar surface area (TPSA) is 17.8 Å². The van der Waals surface area contributed by atoms with Gasteiger partial charge in [0, 0.05) is 11.1 Å². The van der Waals surface area contributed by atoms with Gasteiger partial charge < -0.3 is 0 Å². The number of nitrogens with zero attached hydrogens (tertiary/aromatic N) is 2. The number of fused-ring (bicyclic) bond motifs is 1. The number of para-hydroxylation sites is 1. The Kier molecular flexibility index (Phi) is 3.07. The average Bonchev–Trinajstić information content (AvgIpc) is 2.96. The number of aryl methyl sites for hydroxylation is 1. The van der Waals surface area contributed by atoms with E-state index >= 15 is 0 Å². The van der Waals surface area contributed by atoms with Crippen LogP contribution in [0.15, 0.2) is 60.7 Å². The second kappa shape index (κ2) is 5.21. The van der Waals surface area contributed by atoms with Crippen LogP contribution >= 0.6 is 0 Å². The Hall–Kier alpha value is -2.35. The van der Waals surface area contributed by atoms with Crippen LogP contribution in [-0.2, 0) is 12.8 Å². The molecule has 1 aromatic heterocycles. The molecule has 1 heterocycles. The highest BCUT2D eigenvalue weighted by Crippen LogP contribution is 2.33. The predicted molar refractivity (Wildman–Crippen MR) is 85.6 cm³/mol. The van der Waals surface area contributed by atoms with Gasteiger partial charge in [-0.15, -0.1) is 0 Å². The van der Waals surface area contributed by atoms with E-state index in [4.69, 9.17) is 5.10 Å². The highest BCUT2D eigenvalue weighted by Gasteiger charge is 2.22. The summed E-state index contributed by atoms with van der Waals surface area (Å²) in [6.45, 7) is 0. The summed E-state index contributed by atoms with van der Waals surface area (Å²) in [5.41, 5.74) is 6.40. The van der Waals surface area contributed by atoms with E-state index in [0.29, 0.717) is 0 Å². The third kappa shape index (κ3) is 2.17. The molecule has 3 aromatic rings. The van der Waals surface area contributed by atoms with Crippen molar-refractivity contribution in [3.05, 3.63) is 71.9 Å². The largest absolute Gasteiger partial charge is 0.233 e. The van der Waals surface area contributed by atoms with E-state index in [2.05, 4.69) is 65.3 Å². The van der Waals surface area contributed by atoms with Crippen molar-refractivity contribution in [2.75, 3.05) is 0 Å². The number of hydrogen-bond donors (Lipinski definition) is 0. The molecule has 0 fully saturated rings. The van der Waals surface area contributed by atoms with Crippen LogP contribution in [-0.4, -0.2) is 9.78 Å². The first-order valence-corrected chi connectivity index (χ1v) is 7.65. The first-order valence-electron chi connectivity index (χ1n) is 7.65. The lowest BCUT2D eigenvalue weighted by Gasteiger charge is -2.12. The predicted octanol–water partition coefficient (Wildman–Crippen LogP) is 4.42. The molecular weight excluding hydrogens is 256 g/mol. The lowest BCUT2D eigenvalue weighted by molar-refractivity contribution is 0.671. The quantitative estimate of drug-likeness (QED) is 0.676. The molecule has 2 nitrogen and oxygen atoms in total. The van der Waals surface area contributed by atoms with Gasteiger partial charge in [-0.05, 0) is 37.8 Å². The fraction of sp³-hybridized carbons (Fsp3) is 0.211. The molecule has 0 radical (unpaired) electrons. The van der Waals surface area contributed by atoms with Crippen molar-refractivity contribution in [1.82, 2.24) is 9.78 Å². The van der Waals surface area contributed by atoms with Crippen LogP contribution in [0.4, 0.5) is 0 Å². The van der Waals surface area contributed by atoms with Gasteiger partial charge in [-0.3, -0.25) is 0 Å². The normalized spacial score (nSPS) is 13.9. The Labute approximate surface area is 125 Å². The van der Waals surface area contributed by atoms with Gasteiger partial charge in [0.15, 0.2) is 0 Å². The molecule has 0 amide bonds. The van der Waals surface area contributed by atoms with E-state index in [-0.39, 0.29) is 0 Å². The maximum Gasteiger partial charge on any atom is 0.0775 e. The molecule has 0 unspecified atom stereocenters. The molecule has 0 atom stereocenters. The second-order valence-corrected chi connectivity index (χ2v) is 5.59. The van der Waals surface area contributed by atoms with Crippen molar-refractivity contribution in [3.8, 4) is 16.9 Å². The van der Waals surface area contributed by atoms with E-state index < -0.39 is 0 Å². The Morgan fingerprint density at radius 1 is 0.762 bits per heavy atom. The highest BCUT2D eigenvalue weighted by atomic mass is 15.3. The number of aromatic nitrogens is 2. The van der Waals surface area contributed by atoms with Crippen molar-refractivity contribution in [3.63, 3.8) is 0 Å². The van der Waals surface area contributed by atoms with Crippen LogP contribution in [0.5, 0.6) is 0 Å². The second-order valence-electron chi connectivity index (χ2n) is 5.59. The number of benzene rings is 2. The molecule has 0 aliphatic heterocycles. The molecule has 0 spiro atoms. The fourth-order valence-electron chi connectivity index (χ4n) is 3.20. The third-order valence-electron chi connectivity index (χ3n) is 4.21. The molecule has 21 heavy (non-hydrogen) atoms. The zero-order valence-corrected chi connectivity index (χ0v) is 12.0. The van der Waals surface area contributed by atoms with Gasteiger partial charge in [-0.1, -0.05) is 48.5 Å². The van der Waals surface area contributed by atoms with Gasteiger partial charge >= 0.3 is 0 Å². The van der Waals surface area contributed by atoms with Gasteiger partial charge in [-0.25, -0.2) is 4.68 Å². The van der Waals surface area contributed by atoms with E-state index in [1.807, 2.05) is 0 Å². The summed E-state index contributed by atoms with van der Waals surface area (Å²) in [4.78, 5) is 0. The van der Waals surface area contributed by atoms with Gasteiger partial charge in [-0.2, -0.15) is 5.10 Å². The maximum atomic E-state index is 4.91. The summed E-state index contributed by atoms with van der Waals surface area (Å²) < 4.78 is 2.13. The molecule has 0 N–H and O–H groups in total. The minimum absolute atomic E-state index is 1.11. The lowest BCUT2D eigenvalue weighted by Crippen LogP contribution is -2.01. The smallest absolute Gasteiger partial charge is 0.0775 e. The van der Waals surface area contributed by atoms with Gasteiger partial charge in [0.25, 0.3) is 0 Å². The van der Waals surface area contributed by atoms with Crippen LogP contribution in [0.25, 0.3) is 16.9 Å². The van der Waals surface area contributed by atoms with E-state index in [1.165, 1.54) is 35.4 Å². The lowest BCUT2D eigenvalue weighted by atomic mass is 9.93. The van der Waals surface area contributed by atoms with Crippen molar-refractivity contribution in [2.24, 2.45) is 0 Å². The molecule has 0 saturated carbocycles. The molecule has 0 bridgehead atoms. The third-order valence-corrected chi connectivity index (χ3v) is 4.21. The first-order chi connectivity index (χ1) is 10.4. The van der Waals surface area contributed by atoms with Gasteiger partial charge in [0.1, 0.15) is 0 Å². The van der Waals surface area contributed by atoms with Gasteiger partial charge in [0.2, 0.25) is 0 Å². The zero-order chi connectivity index (χ0) is 14.1. The molecular formula is C19H18N2. The molecule has 1 aliphatic carbocycles. The summed E-state index contributed by atoms with van der Waals surface area (Å²) in [6, 6.07) is 21.1. The fourth-order valence-corrected chi connectivity index (χ4v) is 3.20. The Morgan fingerprint density at radius 3 is 2.19 bits per heavy atom. The Bertz CT molecular complexity index is 742. The van der Waals surface area contributed by atoms with Crippen molar-refractivity contribution >= 4 is 0 Å². The molecule has 2 heteroatoms. The Balaban J connectivity index is 1.96.